The van der Waals surface area contributed by atoms with Gasteiger partial charge in [-0.25, -0.2) is 0 Å². The van der Waals surface area contributed by atoms with Crippen LogP contribution >= 0.6 is 0 Å². The van der Waals surface area contributed by atoms with Crippen LogP contribution in [0.5, 0.6) is 11.5 Å². The highest BCUT2D eigenvalue weighted by atomic mass is 16.6. The lowest BCUT2D eigenvalue weighted by molar-refractivity contribution is -0.385. The van der Waals surface area contributed by atoms with Gasteiger partial charge in [-0.2, -0.15) is 0 Å². The fourth-order valence-electron chi connectivity index (χ4n) is 1.90. The van der Waals surface area contributed by atoms with Crippen molar-refractivity contribution in [3.8, 4) is 11.5 Å². The molecule has 0 atom stereocenters. The summed E-state index contributed by atoms with van der Waals surface area (Å²) < 4.78 is 10.2. The second-order valence-corrected chi connectivity index (χ2v) is 4.33. The third kappa shape index (κ3) is 3.32. The van der Waals surface area contributed by atoms with Crippen LogP contribution in [0.1, 0.15) is 10.4 Å². The Morgan fingerprint density at radius 3 is 2.23 bits per heavy atom. The van der Waals surface area contributed by atoms with Crippen molar-refractivity contribution in [1.29, 1.82) is 0 Å². The second kappa shape index (κ2) is 6.57. The molecule has 2 rings (SSSR count). The number of hydrogen-bond donors (Lipinski definition) is 1. The van der Waals surface area contributed by atoms with Gasteiger partial charge < -0.3 is 14.8 Å². The van der Waals surface area contributed by atoms with Gasteiger partial charge in [0.05, 0.1) is 19.1 Å². The zero-order chi connectivity index (χ0) is 16.1. The second-order valence-electron chi connectivity index (χ2n) is 4.33. The molecule has 0 aromatic heterocycles. The monoisotopic (exact) mass is 302 g/mol. The minimum atomic E-state index is -0.596. The summed E-state index contributed by atoms with van der Waals surface area (Å²) in [7, 11) is 2.98. The van der Waals surface area contributed by atoms with E-state index >= 15 is 0 Å². The number of nitrogens with zero attached hydrogens (tertiary/aromatic N) is 1. The van der Waals surface area contributed by atoms with E-state index in [1.165, 1.54) is 32.4 Å². The number of methoxy groups -OCH3 is 2. The molecular weight excluding hydrogens is 288 g/mol. The van der Waals surface area contributed by atoms with Crippen molar-refractivity contribution in [3.05, 3.63) is 58.1 Å². The van der Waals surface area contributed by atoms with Crippen molar-refractivity contribution < 1.29 is 19.2 Å². The average Bonchev–Trinajstić information content (AvgIpc) is 2.54. The molecule has 7 heteroatoms. The molecule has 0 fully saturated rings. The summed E-state index contributed by atoms with van der Waals surface area (Å²) in [5.41, 5.74) is 0.142. The van der Waals surface area contributed by atoms with Crippen LogP contribution < -0.4 is 14.8 Å². The number of nitrogens with one attached hydrogen (secondary N) is 1. The first-order valence-corrected chi connectivity index (χ1v) is 6.33. The Morgan fingerprint density at radius 1 is 1.09 bits per heavy atom. The quantitative estimate of drug-likeness (QED) is 0.677. The van der Waals surface area contributed by atoms with Crippen molar-refractivity contribution in [3.63, 3.8) is 0 Å². The van der Waals surface area contributed by atoms with Crippen molar-refractivity contribution in [2.75, 3.05) is 19.5 Å². The molecule has 1 N–H and O–H groups in total. The maximum Gasteiger partial charge on any atom is 0.282 e. The number of para-hydroxylation sites is 1. The zero-order valence-electron chi connectivity index (χ0n) is 12.0. The maximum absolute atomic E-state index is 12.2. The molecular formula is C15H14N2O5. The molecule has 1 amide bonds. The summed E-state index contributed by atoms with van der Waals surface area (Å²) >= 11 is 0. The Bertz CT molecular complexity index is 693. The number of nitro benzene ring substituents is 1. The van der Waals surface area contributed by atoms with Crippen LogP contribution in [0.4, 0.5) is 11.4 Å². The Labute approximate surface area is 126 Å². The highest BCUT2D eigenvalue weighted by molar-refractivity contribution is 6.07. The number of nitro groups is 1. The molecule has 2 aromatic carbocycles. The van der Waals surface area contributed by atoms with Crippen LogP contribution in [0.25, 0.3) is 0 Å². The van der Waals surface area contributed by atoms with Crippen LogP contribution in [0.15, 0.2) is 42.5 Å². The van der Waals surface area contributed by atoms with Gasteiger partial charge in [-0.3, -0.25) is 14.9 Å². The lowest BCUT2D eigenvalue weighted by atomic mass is 10.1. The zero-order valence-corrected chi connectivity index (χ0v) is 12.0. The van der Waals surface area contributed by atoms with Gasteiger partial charge in [-0.1, -0.05) is 12.1 Å². The number of carbonyl (C=O) groups is 1. The Hall–Kier alpha value is -3.09. The van der Waals surface area contributed by atoms with E-state index in [2.05, 4.69) is 5.32 Å². The van der Waals surface area contributed by atoms with Crippen molar-refractivity contribution >= 4 is 17.3 Å². The normalized spacial score (nSPS) is 9.91. The average molecular weight is 302 g/mol. The summed E-state index contributed by atoms with van der Waals surface area (Å²) in [4.78, 5) is 22.6. The van der Waals surface area contributed by atoms with E-state index in [0.717, 1.165) is 0 Å². The number of ether oxygens (including phenoxy) is 2. The summed E-state index contributed by atoms with van der Waals surface area (Å²) in [6.07, 6.45) is 0. The summed E-state index contributed by atoms with van der Waals surface area (Å²) in [6, 6.07) is 10.6. The molecule has 0 radical (unpaired) electrons. The minimum Gasteiger partial charge on any atom is -0.497 e. The largest absolute Gasteiger partial charge is 0.497 e. The molecule has 0 bridgehead atoms. The predicted octanol–water partition coefficient (Wildman–Crippen LogP) is 2.86. The lowest BCUT2D eigenvalue weighted by Crippen LogP contribution is -2.14. The van der Waals surface area contributed by atoms with Gasteiger partial charge in [-0.05, 0) is 6.07 Å². The molecule has 0 spiro atoms. The molecule has 114 valence electrons. The molecule has 2 aromatic rings. The van der Waals surface area contributed by atoms with Gasteiger partial charge >= 0.3 is 0 Å². The van der Waals surface area contributed by atoms with Gasteiger partial charge in [0.15, 0.2) is 0 Å². The number of anilines is 1. The first kappa shape index (κ1) is 15.3. The van der Waals surface area contributed by atoms with Crippen LogP contribution in [-0.2, 0) is 0 Å². The standard InChI is InChI=1S/C15H14N2O5/c1-21-11-7-10(8-12(9-11)22-2)16-15(18)13-5-3-4-6-14(13)17(19)20/h3-9H,1-2H3,(H,16,18). The van der Waals surface area contributed by atoms with Gasteiger partial charge in [0, 0.05) is 30.0 Å². The van der Waals surface area contributed by atoms with Gasteiger partial charge in [0.2, 0.25) is 0 Å². The Kier molecular flexibility index (Phi) is 4.57. The van der Waals surface area contributed by atoms with Crippen molar-refractivity contribution in [2.24, 2.45) is 0 Å². The van der Waals surface area contributed by atoms with Crippen LogP contribution in [0, 0.1) is 10.1 Å². The van der Waals surface area contributed by atoms with Crippen LogP contribution in [0.2, 0.25) is 0 Å². The van der Waals surface area contributed by atoms with Crippen LogP contribution in [0.3, 0.4) is 0 Å². The topological polar surface area (TPSA) is 90.7 Å². The van der Waals surface area contributed by atoms with E-state index < -0.39 is 10.8 Å². The smallest absolute Gasteiger partial charge is 0.282 e. The Morgan fingerprint density at radius 2 is 1.68 bits per heavy atom. The number of benzene rings is 2. The van der Waals surface area contributed by atoms with Crippen molar-refractivity contribution in [2.45, 2.75) is 0 Å². The molecule has 0 saturated heterocycles. The maximum atomic E-state index is 12.2. The molecule has 0 saturated carbocycles. The van der Waals surface area contributed by atoms with Gasteiger partial charge in [0.1, 0.15) is 17.1 Å². The van der Waals surface area contributed by atoms with Gasteiger partial charge in [-0.15, -0.1) is 0 Å². The minimum absolute atomic E-state index is 0.0192. The van der Waals surface area contributed by atoms with E-state index in [0.29, 0.717) is 17.2 Å². The summed E-state index contributed by atoms with van der Waals surface area (Å²) in [6.45, 7) is 0. The fourth-order valence-corrected chi connectivity index (χ4v) is 1.90. The molecule has 0 aliphatic heterocycles. The first-order chi connectivity index (χ1) is 10.5. The summed E-state index contributed by atoms with van der Waals surface area (Å²) in [5, 5.41) is 13.6. The molecule has 0 heterocycles. The number of carbonyl (C=O) groups excluding carboxylic acids is 1. The van der Waals surface area contributed by atoms with E-state index in [1.807, 2.05) is 0 Å². The molecule has 0 aliphatic rings. The third-order valence-electron chi connectivity index (χ3n) is 2.95. The summed E-state index contributed by atoms with van der Waals surface area (Å²) in [5.74, 6) is 0.414. The van der Waals surface area contributed by atoms with Gasteiger partial charge in [0.25, 0.3) is 11.6 Å². The fraction of sp³-hybridized carbons (Fsp3) is 0.133. The SMILES string of the molecule is COc1cc(NC(=O)c2ccccc2[N+](=O)[O-])cc(OC)c1. The van der Waals surface area contributed by atoms with E-state index in [9.17, 15) is 14.9 Å². The Balaban J connectivity index is 2.31. The third-order valence-corrected chi connectivity index (χ3v) is 2.95. The molecule has 7 nitrogen and oxygen atoms in total. The van der Waals surface area contributed by atoms with Crippen molar-refractivity contribution in [1.82, 2.24) is 0 Å². The number of amides is 1. The predicted molar refractivity (Wildman–Crippen MR) is 80.6 cm³/mol. The van der Waals surface area contributed by atoms with E-state index in [-0.39, 0.29) is 11.3 Å². The highest BCUT2D eigenvalue weighted by Crippen LogP contribution is 2.27. The molecule has 0 unspecified atom stereocenters. The van der Waals surface area contributed by atoms with E-state index in [1.54, 1.807) is 24.3 Å². The van der Waals surface area contributed by atoms with E-state index in [4.69, 9.17) is 9.47 Å². The van der Waals surface area contributed by atoms with Crippen LogP contribution in [-0.4, -0.2) is 25.1 Å². The molecule has 22 heavy (non-hydrogen) atoms. The number of rotatable bonds is 5. The number of hydrogen-bond acceptors (Lipinski definition) is 5. The molecule has 0 aliphatic carbocycles. The first-order valence-electron chi connectivity index (χ1n) is 6.33. The highest BCUT2D eigenvalue weighted by Gasteiger charge is 2.19. The lowest BCUT2D eigenvalue weighted by Gasteiger charge is -2.10.